The van der Waals surface area contributed by atoms with E-state index in [-0.39, 0.29) is 6.61 Å². The van der Waals surface area contributed by atoms with Crippen LogP contribution >= 0.6 is 11.6 Å². The lowest BCUT2D eigenvalue weighted by molar-refractivity contribution is 0.137. The van der Waals surface area contributed by atoms with Gasteiger partial charge in [0.1, 0.15) is 12.4 Å². The van der Waals surface area contributed by atoms with Gasteiger partial charge >= 0.3 is 0 Å². The van der Waals surface area contributed by atoms with Crippen molar-refractivity contribution < 1.29 is 9.84 Å². The molecule has 1 N–H and O–H groups in total. The van der Waals surface area contributed by atoms with Crippen molar-refractivity contribution in [3.63, 3.8) is 0 Å². The number of aromatic nitrogens is 2. The molecule has 4 nitrogen and oxygen atoms in total. The van der Waals surface area contributed by atoms with E-state index in [4.69, 9.17) is 16.3 Å². The Morgan fingerprint density at radius 2 is 2.29 bits per heavy atom. The number of hydrogen-bond donors (Lipinski definition) is 1. The van der Waals surface area contributed by atoms with Crippen LogP contribution in [-0.4, -0.2) is 27.9 Å². The minimum absolute atomic E-state index is 0.0849. The molecule has 0 atom stereocenters. The number of aliphatic hydroxyl groups excluding tert-OH is 1. The van der Waals surface area contributed by atoms with Gasteiger partial charge in [-0.05, 0) is 25.1 Å². The van der Waals surface area contributed by atoms with E-state index in [0.717, 1.165) is 11.0 Å². The second-order valence-corrected chi connectivity index (χ2v) is 4.10. The third kappa shape index (κ3) is 2.60. The summed E-state index contributed by atoms with van der Waals surface area (Å²) in [6, 6.07) is 5.51. The minimum Gasteiger partial charge on any atom is -0.388 e. The normalized spacial score (nSPS) is 11.2. The standard InChI is InChI=1S/C12H15ClN2O2/c1-2-17-6-5-15-11-7-9(13)3-4-10(11)14-12(15)8-16/h3-4,7,16H,2,5-6,8H2,1H3. The number of halogens is 1. The van der Waals surface area contributed by atoms with Crippen molar-refractivity contribution in [2.45, 2.75) is 20.1 Å². The molecule has 1 aromatic carbocycles. The topological polar surface area (TPSA) is 47.3 Å². The highest BCUT2D eigenvalue weighted by atomic mass is 35.5. The van der Waals surface area contributed by atoms with Crippen LogP contribution in [0.4, 0.5) is 0 Å². The predicted molar refractivity (Wildman–Crippen MR) is 67.2 cm³/mol. The fourth-order valence-corrected chi connectivity index (χ4v) is 1.98. The number of rotatable bonds is 5. The van der Waals surface area contributed by atoms with Crippen molar-refractivity contribution in [3.05, 3.63) is 29.0 Å². The quantitative estimate of drug-likeness (QED) is 0.833. The maximum Gasteiger partial charge on any atom is 0.135 e. The molecule has 0 amide bonds. The summed E-state index contributed by atoms with van der Waals surface area (Å²) in [5.74, 6) is 0.641. The van der Waals surface area contributed by atoms with Gasteiger partial charge in [0.05, 0.1) is 17.6 Å². The lowest BCUT2D eigenvalue weighted by Gasteiger charge is -2.07. The molecule has 0 radical (unpaired) electrons. The van der Waals surface area contributed by atoms with Gasteiger partial charge in [0, 0.05) is 18.2 Å². The largest absolute Gasteiger partial charge is 0.388 e. The molecule has 1 heterocycles. The highest BCUT2D eigenvalue weighted by molar-refractivity contribution is 6.31. The molecule has 17 heavy (non-hydrogen) atoms. The van der Waals surface area contributed by atoms with Crippen molar-refractivity contribution in [1.82, 2.24) is 9.55 Å². The molecule has 0 saturated heterocycles. The SMILES string of the molecule is CCOCCn1c(CO)nc2ccc(Cl)cc21. The Hall–Kier alpha value is -1.10. The Balaban J connectivity index is 2.38. The fraction of sp³-hybridized carbons (Fsp3) is 0.417. The van der Waals surface area contributed by atoms with E-state index in [9.17, 15) is 5.11 Å². The van der Waals surface area contributed by atoms with Crippen LogP contribution in [0.1, 0.15) is 12.7 Å². The summed E-state index contributed by atoms with van der Waals surface area (Å²) in [6.45, 7) is 3.82. The van der Waals surface area contributed by atoms with Gasteiger partial charge in [-0.2, -0.15) is 0 Å². The minimum atomic E-state index is -0.0849. The first kappa shape index (κ1) is 12.4. The maximum absolute atomic E-state index is 9.29. The van der Waals surface area contributed by atoms with Crippen LogP contribution in [0.3, 0.4) is 0 Å². The molecule has 92 valence electrons. The maximum atomic E-state index is 9.29. The van der Waals surface area contributed by atoms with Crippen LogP contribution in [0.25, 0.3) is 11.0 Å². The van der Waals surface area contributed by atoms with Crippen molar-refractivity contribution in [2.75, 3.05) is 13.2 Å². The summed E-state index contributed by atoms with van der Waals surface area (Å²) in [5.41, 5.74) is 1.77. The van der Waals surface area contributed by atoms with Crippen LogP contribution in [-0.2, 0) is 17.9 Å². The first-order valence-electron chi connectivity index (χ1n) is 5.59. The average molecular weight is 255 g/mol. The molecule has 0 unspecified atom stereocenters. The summed E-state index contributed by atoms with van der Waals surface area (Å²) >= 11 is 5.97. The third-order valence-corrected chi connectivity index (χ3v) is 2.83. The summed E-state index contributed by atoms with van der Waals surface area (Å²) < 4.78 is 7.26. The molecule has 0 saturated carbocycles. The zero-order valence-corrected chi connectivity index (χ0v) is 10.4. The Labute approximate surface area is 105 Å². The number of hydrogen-bond acceptors (Lipinski definition) is 3. The number of nitrogens with zero attached hydrogens (tertiary/aromatic N) is 2. The second kappa shape index (κ2) is 5.49. The first-order chi connectivity index (χ1) is 8.26. The van der Waals surface area contributed by atoms with Gasteiger partial charge in [0.25, 0.3) is 0 Å². The number of fused-ring (bicyclic) bond motifs is 1. The summed E-state index contributed by atoms with van der Waals surface area (Å²) in [7, 11) is 0. The van der Waals surface area contributed by atoms with Gasteiger partial charge in [0.2, 0.25) is 0 Å². The van der Waals surface area contributed by atoms with Crippen LogP contribution in [0, 0.1) is 0 Å². The Bertz CT molecular complexity index is 510. The van der Waals surface area contributed by atoms with Crippen molar-refractivity contribution in [1.29, 1.82) is 0 Å². The fourth-order valence-electron chi connectivity index (χ4n) is 1.82. The molecule has 2 rings (SSSR count). The second-order valence-electron chi connectivity index (χ2n) is 3.67. The molecule has 0 aliphatic heterocycles. The third-order valence-electron chi connectivity index (χ3n) is 2.59. The van der Waals surface area contributed by atoms with E-state index in [2.05, 4.69) is 4.98 Å². The monoisotopic (exact) mass is 254 g/mol. The molecule has 0 aliphatic carbocycles. The molecule has 2 aromatic rings. The lowest BCUT2D eigenvalue weighted by atomic mass is 10.3. The summed E-state index contributed by atoms with van der Waals surface area (Å²) in [4.78, 5) is 4.35. The molecular weight excluding hydrogens is 240 g/mol. The predicted octanol–water partition coefficient (Wildman–Crippen LogP) is 2.22. The van der Waals surface area contributed by atoms with Gasteiger partial charge in [-0.25, -0.2) is 4.98 Å². The highest BCUT2D eigenvalue weighted by Gasteiger charge is 2.09. The smallest absolute Gasteiger partial charge is 0.135 e. The molecule has 0 spiro atoms. The lowest BCUT2D eigenvalue weighted by Crippen LogP contribution is -2.09. The average Bonchev–Trinajstić information content (AvgIpc) is 2.67. The van der Waals surface area contributed by atoms with Crippen molar-refractivity contribution >= 4 is 22.6 Å². The molecule has 5 heteroatoms. The number of benzene rings is 1. The van der Waals surface area contributed by atoms with Gasteiger partial charge < -0.3 is 14.4 Å². The summed E-state index contributed by atoms with van der Waals surface area (Å²) in [6.07, 6.45) is 0. The van der Waals surface area contributed by atoms with Crippen molar-refractivity contribution in [2.24, 2.45) is 0 Å². The molecule has 0 bridgehead atoms. The van der Waals surface area contributed by atoms with E-state index < -0.39 is 0 Å². The Kier molecular flexibility index (Phi) is 3.99. The zero-order valence-electron chi connectivity index (χ0n) is 9.69. The molecular formula is C12H15ClN2O2. The first-order valence-corrected chi connectivity index (χ1v) is 5.97. The zero-order chi connectivity index (χ0) is 12.3. The number of imidazole rings is 1. The van der Waals surface area contributed by atoms with Gasteiger partial charge in [-0.15, -0.1) is 0 Å². The number of aliphatic hydroxyl groups is 1. The van der Waals surface area contributed by atoms with E-state index in [1.54, 1.807) is 6.07 Å². The van der Waals surface area contributed by atoms with Crippen LogP contribution in [0.15, 0.2) is 18.2 Å². The van der Waals surface area contributed by atoms with E-state index in [1.807, 2.05) is 23.6 Å². The van der Waals surface area contributed by atoms with E-state index in [0.29, 0.717) is 30.6 Å². The Morgan fingerprint density at radius 1 is 1.47 bits per heavy atom. The van der Waals surface area contributed by atoms with Gasteiger partial charge in [0.15, 0.2) is 0 Å². The van der Waals surface area contributed by atoms with Crippen molar-refractivity contribution in [3.8, 4) is 0 Å². The van der Waals surface area contributed by atoms with Gasteiger partial charge in [-0.1, -0.05) is 11.6 Å². The van der Waals surface area contributed by atoms with E-state index >= 15 is 0 Å². The van der Waals surface area contributed by atoms with Crippen LogP contribution in [0.5, 0.6) is 0 Å². The van der Waals surface area contributed by atoms with E-state index in [1.165, 1.54) is 0 Å². The molecule has 1 aromatic heterocycles. The number of ether oxygens (including phenoxy) is 1. The molecule has 0 aliphatic rings. The highest BCUT2D eigenvalue weighted by Crippen LogP contribution is 2.20. The molecule has 0 fully saturated rings. The summed E-state index contributed by atoms with van der Waals surface area (Å²) in [5, 5.41) is 9.95. The Morgan fingerprint density at radius 3 is 3.00 bits per heavy atom. The van der Waals surface area contributed by atoms with Crippen LogP contribution < -0.4 is 0 Å². The van der Waals surface area contributed by atoms with Crippen LogP contribution in [0.2, 0.25) is 5.02 Å². The van der Waals surface area contributed by atoms with Gasteiger partial charge in [-0.3, -0.25) is 0 Å².